The molecule has 0 bridgehead atoms. The zero-order valence-corrected chi connectivity index (χ0v) is 10.9. The minimum Gasteiger partial charge on any atom is -0.368 e. The van der Waals surface area contributed by atoms with Crippen molar-refractivity contribution in [2.45, 2.75) is 6.54 Å². The Kier molecular flexibility index (Phi) is 3.41. The van der Waals surface area contributed by atoms with Crippen LogP contribution in [-0.4, -0.2) is 21.1 Å². The van der Waals surface area contributed by atoms with Crippen molar-refractivity contribution in [3.63, 3.8) is 0 Å². The second-order valence-corrected chi connectivity index (χ2v) is 4.40. The molecule has 1 N–H and O–H groups in total. The van der Waals surface area contributed by atoms with Crippen molar-refractivity contribution in [2.75, 3.05) is 11.9 Å². The predicted molar refractivity (Wildman–Crippen MR) is 78.7 cm³/mol. The van der Waals surface area contributed by atoms with Gasteiger partial charge in [-0.15, -0.1) is 0 Å². The Balaban J connectivity index is 1.75. The molecule has 2 heterocycles. The van der Waals surface area contributed by atoms with Crippen LogP contribution in [0.2, 0.25) is 0 Å². The first-order chi connectivity index (χ1) is 9.84. The summed E-state index contributed by atoms with van der Waals surface area (Å²) in [5, 5.41) is 3.82. The quantitative estimate of drug-likeness (QED) is 0.783. The minimum atomic E-state index is -0.0154. The van der Waals surface area contributed by atoms with Gasteiger partial charge in [-0.1, -0.05) is 18.2 Å². The number of pyridine rings is 1. The molecule has 0 radical (unpaired) electrons. The highest BCUT2D eigenvalue weighted by molar-refractivity contribution is 5.76. The van der Waals surface area contributed by atoms with Gasteiger partial charge in [-0.3, -0.25) is 9.36 Å². The Morgan fingerprint density at radius 1 is 1.05 bits per heavy atom. The molecule has 5 heteroatoms. The molecule has 3 rings (SSSR count). The van der Waals surface area contributed by atoms with Crippen LogP contribution in [-0.2, 0) is 6.54 Å². The molecule has 0 amide bonds. The van der Waals surface area contributed by atoms with Crippen molar-refractivity contribution in [2.24, 2.45) is 0 Å². The number of hydrogen-bond donors (Lipinski definition) is 1. The van der Waals surface area contributed by atoms with Crippen LogP contribution in [0.25, 0.3) is 10.9 Å². The molecule has 0 aliphatic rings. The van der Waals surface area contributed by atoms with Gasteiger partial charge < -0.3 is 5.32 Å². The Bertz CT molecular complexity index is 767. The molecule has 20 heavy (non-hydrogen) atoms. The van der Waals surface area contributed by atoms with Gasteiger partial charge in [0.1, 0.15) is 5.82 Å². The van der Waals surface area contributed by atoms with Crippen molar-refractivity contribution in [3.8, 4) is 0 Å². The molecule has 100 valence electrons. The molecule has 0 aliphatic heterocycles. The van der Waals surface area contributed by atoms with Crippen molar-refractivity contribution in [1.29, 1.82) is 0 Å². The van der Waals surface area contributed by atoms with E-state index in [-0.39, 0.29) is 5.56 Å². The number of fused-ring (bicyclic) bond motifs is 1. The summed E-state index contributed by atoms with van der Waals surface area (Å²) in [5.41, 5.74) is 0.713. The Hall–Kier alpha value is -2.69. The van der Waals surface area contributed by atoms with Crippen LogP contribution in [0.3, 0.4) is 0 Å². The van der Waals surface area contributed by atoms with Crippen LogP contribution in [0.4, 0.5) is 5.82 Å². The van der Waals surface area contributed by atoms with E-state index in [0.29, 0.717) is 18.5 Å². The first-order valence-corrected chi connectivity index (χ1v) is 6.44. The van der Waals surface area contributed by atoms with Gasteiger partial charge in [0, 0.05) is 19.3 Å². The Morgan fingerprint density at radius 2 is 1.90 bits per heavy atom. The van der Waals surface area contributed by atoms with Gasteiger partial charge in [0.2, 0.25) is 0 Å². The lowest BCUT2D eigenvalue weighted by atomic mass is 10.2. The van der Waals surface area contributed by atoms with Crippen molar-refractivity contribution < 1.29 is 0 Å². The number of aromatic nitrogens is 3. The lowest BCUT2D eigenvalue weighted by Gasteiger charge is -2.08. The maximum absolute atomic E-state index is 12.3. The van der Waals surface area contributed by atoms with Gasteiger partial charge >= 0.3 is 0 Å². The first-order valence-electron chi connectivity index (χ1n) is 6.44. The third kappa shape index (κ3) is 2.51. The molecule has 0 spiro atoms. The number of rotatable bonds is 4. The Morgan fingerprint density at radius 3 is 2.75 bits per heavy atom. The highest BCUT2D eigenvalue weighted by Crippen LogP contribution is 2.04. The smallest absolute Gasteiger partial charge is 0.261 e. The van der Waals surface area contributed by atoms with E-state index in [1.54, 1.807) is 23.2 Å². The van der Waals surface area contributed by atoms with E-state index >= 15 is 0 Å². The molecule has 1 aromatic carbocycles. The van der Waals surface area contributed by atoms with Gasteiger partial charge in [-0.25, -0.2) is 9.97 Å². The van der Waals surface area contributed by atoms with Gasteiger partial charge in [0.25, 0.3) is 5.56 Å². The topological polar surface area (TPSA) is 59.8 Å². The van der Waals surface area contributed by atoms with E-state index < -0.39 is 0 Å². The van der Waals surface area contributed by atoms with Crippen LogP contribution < -0.4 is 10.9 Å². The number of para-hydroxylation sites is 1. The highest BCUT2D eigenvalue weighted by atomic mass is 16.1. The zero-order valence-electron chi connectivity index (χ0n) is 10.9. The average molecular weight is 266 g/mol. The zero-order chi connectivity index (χ0) is 13.8. The summed E-state index contributed by atoms with van der Waals surface area (Å²) in [6, 6.07) is 13.0. The summed E-state index contributed by atoms with van der Waals surface area (Å²) in [7, 11) is 0. The minimum absolute atomic E-state index is 0.0154. The fourth-order valence-corrected chi connectivity index (χ4v) is 2.04. The van der Waals surface area contributed by atoms with Crippen LogP contribution >= 0.6 is 0 Å². The lowest BCUT2D eigenvalue weighted by molar-refractivity contribution is 0.688. The van der Waals surface area contributed by atoms with Crippen molar-refractivity contribution >= 4 is 16.7 Å². The van der Waals surface area contributed by atoms with Gasteiger partial charge in [-0.05, 0) is 24.3 Å². The van der Waals surface area contributed by atoms with E-state index in [1.165, 1.54) is 0 Å². The number of nitrogens with one attached hydrogen (secondary N) is 1. The SMILES string of the molecule is O=c1c2ccccc2ncn1CCNc1ccccn1. The molecular formula is C15H14N4O. The number of nitrogens with zero attached hydrogens (tertiary/aromatic N) is 3. The van der Waals surface area contributed by atoms with Crippen molar-refractivity contribution in [3.05, 3.63) is 65.3 Å². The number of benzene rings is 1. The Labute approximate surface area is 115 Å². The van der Waals surface area contributed by atoms with Gasteiger partial charge in [-0.2, -0.15) is 0 Å². The van der Waals surface area contributed by atoms with Crippen LogP contribution in [0, 0.1) is 0 Å². The molecular weight excluding hydrogens is 252 g/mol. The molecule has 0 unspecified atom stereocenters. The molecule has 0 saturated heterocycles. The standard InChI is InChI=1S/C15H14N4O/c20-15-12-5-1-2-6-13(12)18-11-19(15)10-9-17-14-7-3-4-8-16-14/h1-8,11H,9-10H2,(H,16,17). The summed E-state index contributed by atoms with van der Waals surface area (Å²) < 4.78 is 1.61. The second-order valence-electron chi connectivity index (χ2n) is 4.40. The average Bonchev–Trinajstić information content (AvgIpc) is 2.51. The number of anilines is 1. The van der Waals surface area contributed by atoms with E-state index in [2.05, 4.69) is 15.3 Å². The fraction of sp³-hybridized carbons (Fsp3) is 0.133. The molecule has 3 aromatic rings. The van der Waals surface area contributed by atoms with E-state index in [9.17, 15) is 4.79 Å². The molecule has 0 fully saturated rings. The fourth-order valence-electron chi connectivity index (χ4n) is 2.04. The summed E-state index contributed by atoms with van der Waals surface area (Å²) in [6.07, 6.45) is 3.32. The number of hydrogen-bond acceptors (Lipinski definition) is 4. The molecule has 5 nitrogen and oxygen atoms in total. The largest absolute Gasteiger partial charge is 0.368 e. The lowest BCUT2D eigenvalue weighted by Crippen LogP contribution is -2.24. The molecule has 2 aromatic heterocycles. The van der Waals surface area contributed by atoms with Crippen LogP contribution in [0.15, 0.2) is 59.8 Å². The summed E-state index contributed by atoms with van der Waals surface area (Å²) in [4.78, 5) is 20.7. The molecule has 0 saturated carbocycles. The highest BCUT2D eigenvalue weighted by Gasteiger charge is 2.02. The van der Waals surface area contributed by atoms with Gasteiger partial charge in [0.05, 0.1) is 17.2 Å². The van der Waals surface area contributed by atoms with Gasteiger partial charge in [0.15, 0.2) is 0 Å². The summed E-state index contributed by atoms with van der Waals surface area (Å²) in [5.74, 6) is 0.800. The van der Waals surface area contributed by atoms with E-state index in [0.717, 1.165) is 11.3 Å². The van der Waals surface area contributed by atoms with Crippen LogP contribution in [0.1, 0.15) is 0 Å². The summed E-state index contributed by atoms with van der Waals surface area (Å²) >= 11 is 0. The van der Waals surface area contributed by atoms with Crippen molar-refractivity contribution in [1.82, 2.24) is 14.5 Å². The maximum atomic E-state index is 12.3. The van der Waals surface area contributed by atoms with E-state index in [1.807, 2.05) is 36.4 Å². The maximum Gasteiger partial charge on any atom is 0.261 e. The predicted octanol–water partition coefficient (Wildman–Crippen LogP) is 1.90. The van der Waals surface area contributed by atoms with E-state index in [4.69, 9.17) is 0 Å². The second kappa shape index (κ2) is 5.52. The van der Waals surface area contributed by atoms with Crippen LogP contribution in [0.5, 0.6) is 0 Å². The monoisotopic (exact) mass is 266 g/mol. The third-order valence-electron chi connectivity index (χ3n) is 3.06. The molecule has 0 aliphatic carbocycles. The summed E-state index contributed by atoms with van der Waals surface area (Å²) in [6.45, 7) is 1.17. The normalized spacial score (nSPS) is 10.6. The molecule has 0 atom stereocenters. The third-order valence-corrected chi connectivity index (χ3v) is 3.06. The first kappa shape index (κ1) is 12.3.